The van der Waals surface area contributed by atoms with Crippen molar-refractivity contribution in [3.8, 4) is 0 Å². The maximum Gasteiger partial charge on any atom is 0.240 e. The Morgan fingerprint density at radius 3 is 3.06 bits per heavy atom. The average Bonchev–Trinajstić information content (AvgIpc) is 2.73. The van der Waals surface area contributed by atoms with Gasteiger partial charge < -0.3 is 10.3 Å². The van der Waals surface area contributed by atoms with Gasteiger partial charge in [-0.1, -0.05) is 19.0 Å². The number of nitrogens with two attached hydrogens (primary N) is 1. The van der Waals surface area contributed by atoms with Gasteiger partial charge in [0.15, 0.2) is 5.82 Å². The average molecular weight is 258 g/mol. The molecule has 1 heterocycles. The fourth-order valence-corrected chi connectivity index (χ4v) is 1.83. The molecule has 0 aliphatic carbocycles. The molecule has 0 aliphatic rings. The lowest BCUT2D eigenvalue weighted by Crippen LogP contribution is -2.28. The lowest BCUT2D eigenvalue weighted by Gasteiger charge is -2.04. The first-order chi connectivity index (χ1) is 8.11. The van der Waals surface area contributed by atoms with Gasteiger partial charge in [0.2, 0.25) is 11.8 Å². The summed E-state index contributed by atoms with van der Waals surface area (Å²) in [5.41, 5.74) is 4.99. The zero-order chi connectivity index (χ0) is 12.7. The number of rotatable bonds is 8. The van der Waals surface area contributed by atoms with Crippen LogP contribution in [0, 0.1) is 0 Å². The van der Waals surface area contributed by atoms with Crippen LogP contribution in [-0.4, -0.2) is 27.8 Å². The zero-order valence-corrected chi connectivity index (χ0v) is 10.9. The normalized spacial score (nSPS) is 12.6. The Balaban J connectivity index is 2.29. The molecular formula is C10H18N4O2S. The van der Waals surface area contributed by atoms with E-state index < -0.39 is 5.91 Å². The van der Waals surface area contributed by atoms with E-state index in [0.29, 0.717) is 23.5 Å². The second-order valence-corrected chi connectivity index (χ2v) is 5.13. The van der Waals surface area contributed by atoms with Crippen LogP contribution < -0.4 is 11.1 Å². The van der Waals surface area contributed by atoms with Crippen LogP contribution in [0.25, 0.3) is 0 Å². The number of hydrogen-bond acceptors (Lipinski definition) is 6. The summed E-state index contributed by atoms with van der Waals surface area (Å²) < 4.78 is 5.02. The molecule has 0 aromatic carbocycles. The molecule has 0 saturated carbocycles. The van der Waals surface area contributed by atoms with E-state index in [1.165, 1.54) is 0 Å². The molecule has 1 aromatic rings. The van der Waals surface area contributed by atoms with Crippen LogP contribution in [0.1, 0.15) is 32.0 Å². The minimum Gasteiger partial charge on any atom is -0.369 e. The molecule has 0 saturated heterocycles. The van der Waals surface area contributed by atoms with Crippen LogP contribution in [0.5, 0.6) is 0 Å². The highest BCUT2D eigenvalue weighted by Crippen LogP contribution is 2.17. The molecule has 0 fully saturated rings. The van der Waals surface area contributed by atoms with E-state index in [0.717, 1.165) is 12.2 Å². The molecule has 1 rings (SSSR count). The molecule has 1 aromatic heterocycles. The topological polar surface area (TPSA) is 94.0 Å². The molecule has 0 spiro atoms. The Morgan fingerprint density at radius 1 is 1.65 bits per heavy atom. The van der Waals surface area contributed by atoms with Crippen molar-refractivity contribution in [2.24, 2.45) is 5.73 Å². The third-order valence-corrected chi connectivity index (χ3v) is 3.48. The molecule has 1 amide bonds. The number of thioether (sulfide) groups is 1. The summed E-state index contributed by atoms with van der Waals surface area (Å²) in [6.45, 7) is 4.79. The van der Waals surface area contributed by atoms with Crippen molar-refractivity contribution in [2.75, 3.05) is 6.54 Å². The highest BCUT2D eigenvalue weighted by atomic mass is 32.2. The highest BCUT2D eigenvalue weighted by Gasteiger charge is 2.08. The number of nitrogens with zero attached hydrogens (tertiary/aromatic N) is 2. The minimum absolute atomic E-state index is 0.110. The van der Waals surface area contributed by atoms with E-state index in [4.69, 9.17) is 10.3 Å². The SMILES string of the molecule is CCC(C)SCc1noc(CNCC(N)=O)n1. The van der Waals surface area contributed by atoms with Gasteiger partial charge in [0.25, 0.3) is 0 Å². The van der Waals surface area contributed by atoms with E-state index in [-0.39, 0.29) is 6.54 Å². The minimum atomic E-state index is -0.405. The number of primary amides is 1. The van der Waals surface area contributed by atoms with E-state index in [2.05, 4.69) is 29.3 Å². The van der Waals surface area contributed by atoms with E-state index in [9.17, 15) is 4.79 Å². The van der Waals surface area contributed by atoms with Crippen LogP contribution in [0.2, 0.25) is 0 Å². The van der Waals surface area contributed by atoms with Crippen molar-refractivity contribution in [1.29, 1.82) is 0 Å². The fourth-order valence-electron chi connectivity index (χ4n) is 1.05. The largest absolute Gasteiger partial charge is 0.369 e. The molecule has 6 nitrogen and oxygen atoms in total. The molecule has 17 heavy (non-hydrogen) atoms. The molecular weight excluding hydrogens is 240 g/mol. The van der Waals surface area contributed by atoms with Gasteiger partial charge in [0.1, 0.15) is 0 Å². The third-order valence-electron chi connectivity index (χ3n) is 2.16. The number of amides is 1. The Morgan fingerprint density at radius 2 is 2.41 bits per heavy atom. The van der Waals surface area contributed by atoms with Crippen LogP contribution in [0.4, 0.5) is 0 Å². The third kappa shape index (κ3) is 5.69. The smallest absolute Gasteiger partial charge is 0.240 e. The number of hydrogen-bond donors (Lipinski definition) is 2. The maximum atomic E-state index is 10.5. The Bertz CT molecular complexity index is 356. The van der Waals surface area contributed by atoms with Gasteiger partial charge in [-0.3, -0.25) is 10.1 Å². The summed E-state index contributed by atoms with van der Waals surface area (Å²) in [7, 11) is 0. The molecule has 1 unspecified atom stereocenters. The molecule has 0 aliphatic heterocycles. The zero-order valence-electron chi connectivity index (χ0n) is 10.1. The molecule has 1 atom stereocenters. The summed E-state index contributed by atoms with van der Waals surface area (Å²) in [6.07, 6.45) is 1.12. The summed E-state index contributed by atoms with van der Waals surface area (Å²) in [5.74, 6) is 1.50. The molecule has 3 N–H and O–H groups in total. The molecule has 0 bridgehead atoms. The van der Waals surface area contributed by atoms with E-state index in [1.807, 2.05) is 0 Å². The highest BCUT2D eigenvalue weighted by molar-refractivity contribution is 7.99. The first-order valence-corrected chi connectivity index (χ1v) is 6.58. The lowest BCUT2D eigenvalue weighted by atomic mass is 10.4. The second kappa shape index (κ2) is 7.29. The number of nitrogens with one attached hydrogen (secondary N) is 1. The first-order valence-electron chi connectivity index (χ1n) is 5.54. The maximum absolute atomic E-state index is 10.5. The molecule has 96 valence electrons. The quantitative estimate of drug-likeness (QED) is 0.712. The van der Waals surface area contributed by atoms with Crippen LogP contribution in [0.15, 0.2) is 4.52 Å². The molecule has 0 radical (unpaired) electrons. The number of carbonyl (C=O) groups excluding carboxylic acids is 1. The number of carbonyl (C=O) groups is 1. The van der Waals surface area contributed by atoms with Gasteiger partial charge in [-0.15, -0.1) is 0 Å². The standard InChI is InChI=1S/C10H18N4O2S/c1-3-7(2)17-6-9-13-10(16-14-9)5-12-4-8(11)15/h7,12H,3-6H2,1-2H3,(H2,11,15). The summed E-state index contributed by atoms with van der Waals surface area (Å²) >= 11 is 1.79. The Kier molecular flexibility index (Phi) is 5.99. The summed E-state index contributed by atoms with van der Waals surface area (Å²) in [4.78, 5) is 14.7. The second-order valence-electron chi connectivity index (χ2n) is 3.70. The van der Waals surface area contributed by atoms with Gasteiger partial charge >= 0.3 is 0 Å². The Hall–Kier alpha value is -1.08. The van der Waals surface area contributed by atoms with Crippen LogP contribution in [0.3, 0.4) is 0 Å². The number of aromatic nitrogens is 2. The van der Waals surface area contributed by atoms with Crippen LogP contribution >= 0.6 is 11.8 Å². The lowest BCUT2D eigenvalue weighted by molar-refractivity contribution is -0.117. The fraction of sp³-hybridized carbons (Fsp3) is 0.700. The van der Waals surface area contributed by atoms with Crippen molar-refractivity contribution in [3.05, 3.63) is 11.7 Å². The summed E-state index contributed by atoms with van der Waals surface area (Å²) in [6, 6.07) is 0. The Labute approximate surface area is 105 Å². The van der Waals surface area contributed by atoms with E-state index in [1.54, 1.807) is 11.8 Å². The van der Waals surface area contributed by atoms with Crippen molar-refractivity contribution >= 4 is 17.7 Å². The van der Waals surface area contributed by atoms with Crippen molar-refractivity contribution in [1.82, 2.24) is 15.5 Å². The van der Waals surface area contributed by atoms with Crippen molar-refractivity contribution < 1.29 is 9.32 Å². The van der Waals surface area contributed by atoms with E-state index >= 15 is 0 Å². The van der Waals surface area contributed by atoms with Crippen molar-refractivity contribution in [2.45, 2.75) is 37.8 Å². The first kappa shape index (κ1) is 14.0. The van der Waals surface area contributed by atoms with Gasteiger partial charge in [-0.2, -0.15) is 16.7 Å². The molecule has 7 heteroatoms. The van der Waals surface area contributed by atoms with Gasteiger partial charge in [-0.05, 0) is 6.42 Å². The van der Waals surface area contributed by atoms with Gasteiger partial charge in [0, 0.05) is 5.25 Å². The predicted molar refractivity (Wildman–Crippen MR) is 66.2 cm³/mol. The van der Waals surface area contributed by atoms with Crippen LogP contribution in [-0.2, 0) is 17.1 Å². The predicted octanol–water partition coefficient (Wildman–Crippen LogP) is 0.676. The monoisotopic (exact) mass is 258 g/mol. The van der Waals surface area contributed by atoms with Gasteiger partial charge in [0.05, 0.1) is 18.8 Å². The van der Waals surface area contributed by atoms with Gasteiger partial charge in [-0.25, -0.2) is 0 Å². The van der Waals surface area contributed by atoms with Crippen molar-refractivity contribution in [3.63, 3.8) is 0 Å². The summed E-state index contributed by atoms with van der Waals surface area (Å²) in [5, 5.41) is 7.26.